The Hall–Kier alpha value is -3.35. The average Bonchev–Trinajstić information content (AvgIpc) is 3.27. The Bertz CT molecular complexity index is 945. The minimum Gasteiger partial charge on any atom is -0.290 e. The second kappa shape index (κ2) is 5.45. The third kappa shape index (κ3) is 2.28. The molecule has 1 atom stereocenters. The molecule has 4 aromatic rings. The molecular formula is C16H12N6O. The number of Topliss-reactive ketones (excluding diaryl/α,β-unsaturated/α-hetero) is 1. The van der Waals surface area contributed by atoms with Crippen molar-refractivity contribution in [1.29, 1.82) is 0 Å². The molecule has 0 bridgehead atoms. The van der Waals surface area contributed by atoms with Gasteiger partial charge in [0.25, 0.3) is 0 Å². The number of fused-ring (bicyclic) bond motifs is 1. The van der Waals surface area contributed by atoms with Crippen LogP contribution in [0.1, 0.15) is 16.5 Å². The first kappa shape index (κ1) is 13.3. The maximum atomic E-state index is 13.0. The topological polar surface area (TPSA) is 78.5 Å². The Balaban J connectivity index is 1.89. The van der Waals surface area contributed by atoms with Crippen molar-refractivity contribution in [2.75, 3.05) is 0 Å². The van der Waals surface area contributed by atoms with Gasteiger partial charge in [-0.25, -0.2) is 14.3 Å². The van der Waals surface area contributed by atoms with E-state index in [2.05, 4.69) is 20.4 Å². The summed E-state index contributed by atoms with van der Waals surface area (Å²) >= 11 is 0. The lowest BCUT2D eigenvalue weighted by Gasteiger charge is -2.16. The maximum Gasteiger partial charge on any atom is 0.210 e. The van der Waals surface area contributed by atoms with Crippen molar-refractivity contribution in [3.63, 3.8) is 0 Å². The van der Waals surface area contributed by atoms with Crippen LogP contribution >= 0.6 is 0 Å². The van der Waals surface area contributed by atoms with E-state index in [4.69, 9.17) is 0 Å². The molecule has 23 heavy (non-hydrogen) atoms. The van der Waals surface area contributed by atoms with Gasteiger partial charge in [-0.2, -0.15) is 5.10 Å². The van der Waals surface area contributed by atoms with Crippen LogP contribution in [0.15, 0.2) is 67.3 Å². The molecule has 0 spiro atoms. The molecule has 0 saturated heterocycles. The predicted molar refractivity (Wildman–Crippen MR) is 82.8 cm³/mol. The van der Waals surface area contributed by atoms with E-state index in [1.807, 2.05) is 42.5 Å². The van der Waals surface area contributed by atoms with E-state index in [0.717, 1.165) is 11.0 Å². The zero-order chi connectivity index (χ0) is 15.6. The molecule has 0 N–H and O–H groups in total. The largest absolute Gasteiger partial charge is 0.290 e. The summed E-state index contributed by atoms with van der Waals surface area (Å²) in [7, 11) is 0. The van der Waals surface area contributed by atoms with Crippen LogP contribution in [-0.4, -0.2) is 35.5 Å². The Morgan fingerprint density at radius 1 is 1.00 bits per heavy atom. The summed E-state index contributed by atoms with van der Waals surface area (Å²) in [6, 6.07) is 16.5. The molecule has 0 radical (unpaired) electrons. The molecule has 0 aliphatic rings. The fourth-order valence-electron chi connectivity index (χ4n) is 2.51. The number of rotatable bonds is 4. The highest BCUT2D eigenvalue weighted by atomic mass is 16.1. The van der Waals surface area contributed by atoms with Gasteiger partial charge in [-0.1, -0.05) is 47.7 Å². The zero-order valence-corrected chi connectivity index (χ0v) is 12.0. The SMILES string of the molecule is O=C(c1ccccc1)[C@H](n1cncn1)n1nnc2ccccc21. The van der Waals surface area contributed by atoms with Gasteiger partial charge in [-0.05, 0) is 12.1 Å². The highest BCUT2D eigenvalue weighted by Gasteiger charge is 2.27. The minimum absolute atomic E-state index is 0.133. The lowest BCUT2D eigenvalue weighted by molar-refractivity contribution is 0.0888. The van der Waals surface area contributed by atoms with E-state index in [0.29, 0.717) is 5.56 Å². The highest BCUT2D eigenvalue weighted by molar-refractivity contribution is 5.99. The number of nitrogens with zero attached hydrogens (tertiary/aromatic N) is 6. The molecule has 2 heterocycles. The molecule has 0 amide bonds. The van der Waals surface area contributed by atoms with Gasteiger partial charge in [0.2, 0.25) is 11.9 Å². The Labute approximate surface area is 131 Å². The first-order valence-electron chi connectivity index (χ1n) is 7.08. The van der Waals surface area contributed by atoms with Gasteiger partial charge >= 0.3 is 0 Å². The average molecular weight is 304 g/mol. The molecule has 0 fully saturated rings. The summed E-state index contributed by atoms with van der Waals surface area (Å²) < 4.78 is 3.05. The molecule has 0 unspecified atom stereocenters. The van der Waals surface area contributed by atoms with Crippen LogP contribution in [0, 0.1) is 0 Å². The molecule has 7 heteroatoms. The van der Waals surface area contributed by atoms with Crippen LogP contribution in [0.25, 0.3) is 11.0 Å². The van der Waals surface area contributed by atoms with E-state index in [1.165, 1.54) is 17.3 Å². The van der Waals surface area contributed by atoms with Gasteiger partial charge in [0.05, 0.1) is 5.52 Å². The molecule has 112 valence electrons. The first-order chi connectivity index (χ1) is 11.3. The van der Waals surface area contributed by atoms with Crippen LogP contribution in [-0.2, 0) is 0 Å². The third-order valence-corrected chi connectivity index (χ3v) is 3.59. The summed E-state index contributed by atoms with van der Waals surface area (Å²) in [5.74, 6) is -0.133. The number of carbonyl (C=O) groups is 1. The number of aromatic nitrogens is 6. The van der Waals surface area contributed by atoms with Crippen LogP contribution in [0.4, 0.5) is 0 Å². The lowest BCUT2D eigenvalue weighted by atomic mass is 10.1. The van der Waals surface area contributed by atoms with Gasteiger partial charge < -0.3 is 0 Å². The van der Waals surface area contributed by atoms with E-state index < -0.39 is 6.17 Å². The van der Waals surface area contributed by atoms with Crippen molar-refractivity contribution in [3.05, 3.63) is 72.8 Å². The highest BCUT2D eigenvalue weighted by Crippen LogP contribution is 2.20. The second-order valence-electron chi connectivity index (χ2n) is 5.00. The Morgan fingerprint density at radius 2 is 1.78 bits per heavy atom. The number of carbonyl (C=O) groups excluding carboxylic acids is 1. The van der Waals surface area contributed by atoms with Crippen molar-refractivity contribution >= 4 is 16.8 Å². The number of hydrogen-bond donors (Lipinski definition) is 0. The predicted octanol–water partition coefficient (Wildman–Crippen LogP) is 1.95. The first-order valence-corrected chi connectivity index (χ1v) is 7.08. The Morgan fingerprint density at radius 3 is 2.57 bits per heavy atom. The molecule has 0 saturated carbocycles. The van der Waals surface area contributed by atoms with Crippen molar-refractivity contribution < 1.29 is 4.79 Å². The van der Waals surface area contributed by atoms with E-state index in [-0.39, 0.29) is 5.78 Å². The number of ketones is 1. The molecule has 2 aromatic carbocycles. The van der Waals surface area contributed by atoms with Gasteiger partial charge in [0.1, 0.15) is 18.2 Å². The van der Waals surface area contributed by atoms with E-state index in [9.17, 15) is 4.79 Å². The van der Waals surface area contributed by atoms with Crippen LogP contribution < -0.4 is 0 Å². The van der Waals surface area contributed by atoms with Crippen LogP contribution in [0.2, 0.25) is 0 Å². The van der Waals surface area contributed by atoms with Crippen molar-refractivity contribution in [3.8, 4) is 0 Å². The van der Waals surface area contributed by atoms with Crippen molar-refractivity contribution in [1.82, 2.24) is 29.8 Å². The number of hydrogen-bond acceptors (Lipinski definition) is 5. The summed E-state index contributed by atoms with van der Waals surface area (Å²) in [4.78, 5) is 17.0. The lowest BCUT2D eigenvalue weighted by Crippen LogP contribution is -2.28. The number of benzene rings is 2. The fraction of sp³-hybridized carbons (Fsp3) is 0.0625. The zero-order valence-electron chi connectivity index (χ0n) is 12.0. The van der Waals surface area contributed by atoms with Crippen LogP contribution in [0.3, 0.4) is 0 Å². The maximum absolute atomic E-state index is 13.0. The van der Waals surface area contributed by atoms with Crippen molar-refractivity contribution in [2.45, 2.75) is 6.17 Å². The molecule has 2 aromatic heterocycles. The van der Waals surface area contributed by atoms with Crippen molar-refractivity contribution in [2.24, 2.45) is 0 Å². The van der Waals surface area contributed by atoms with Gasteiger partial charge in [-0.3, -0.25) is 4.79 Å². The van der Waals surface area contributed by atoms with E-state index in [1.54, 1.807) is 16.8 Å². The quantitative estimate of drug-likeness (QED) is 0.538. The van der Waals surface area contributed by atoms with E-state index >= 15 is 0 Å². The smallest absolute Gasteiger partial charge is 0.210 e. The number of para-hydroxylation sites is 1. The Kier molecular flexibility index (Phi) is 3.16. The normalized spacial score (nSPS) is 12.3. The van der Waals surface area contributed by atoms with Gasteiger partial charge in [-0.15, -0.1) is 5.10 Å². The molecule has 0 aliphatic heterocycles. The standard InChI is InChI=1S/C16H12N6O/c23-15(12-6-2-1-3-7-12)16(21-11-17-10-18-21)22-14-9-5-4-8-13(14)19-20-22/h1-11,16H/t16-/m1/s1. The summed E-state index contributed by atoms with van der Waals surface area (Å²) in [6.45, 7) is 0. The summed E-state index contributed by atoms with van der Waals surface area (Å²) in [5.41, 5.74) is 2.06. The fourth-order valence-corrected chi connectivity index (χ4v) is 2.51. The van der Waals surface area contributed by atoms with Crippen LogP contribution in [0.5, 0.6) is 0 Å². The summed E-state index contributed by atoms with van der Waals surface area (Å²) in [5, 5.41) is 12.4. The third-order valence-electron chi connectivity index (χ3n) is 3.59. The second-order valence-corrected chi connectivity index (χ2v) is 5.00. The molecule has 0 aliphatic carbocycles. The molecule has 7 nitrogen and oxygen atoms in total. The molecule has 4 rings (SSSR count). The monoisotopic (exact) mass is 304 g/mol. The molecular weight excluding hydrogens is 292 g/mol. The minimum atomic E-state index is -0.771. The van der Waals surface area contributed by atoms with Gasteiger partial charge in [0.15, 0.2) is 0 Å². The van der Waals surface area contributed by atoms with Gasteiger partial charge in [0, 0.05) is 5.56 Å². The summed E-state index contributed by atoms with van der Waals surface area (Å²) in [6.07, 6.45) is 2.12.